The van der Waals surface area contributed by atoms with E-state index in [-0.39, 0.29) is 0 Å². The molecule has 0 heteroatoms. The zero-order chi connectivity index (χ0) is 14.2. The van der Waals surface area contributed by atoms with Crippen LogP contribution in [-0.4, -0.2) is 0 Å². The van der Waals surface area contributed by atoms with E-state index in [1.807, 2.05) is 0 Å². The molecule has 0 radical (unpaired) electrons. The number of hydrogen-bond acceptors (Lipinski definition) is 0. The minimum absolute atomic E-state index is 0.522. The van der Waals surface area contributed by atoms with Gasteiger partial charge in [0.25, 0.3) is 0 Å². The fourth-order valence-corrected chi connectivity index (χ4v) is 4.08. The van der Waals surface area contributed by atoms with Gasteiger partial charge in [0.1, 0.15) is 0 Å². The van der Waals surface area contributed by atoms with Gasteiger partial charge in [0.15, 0.2) is 0 Å². The van der Waals surface area contributed by atoms with E-state index >= 15 is 0 Å². The summed E-state index contributed by atoms with van der Waals surface area (Å²) in [6, 6.07) is 17.9. The van der Waals surface area contributed by atoms with Crippen molar-refractivity contribution >= 4 is 0 Å². The number of rotatable bonds is 3. The quantitative estimate of drug-likeness (QED) is 0.671. The molecule has 104 valence electrons. The molecule has 2 aromatic carbocycles. The van der Waals surface area contributed by atoms with Crippen molar-refractivity contribution in [1.29, 1.82) is 0 Å². The van der Waals surface area contributed by atoms with E-state index < -0.39 is 0 Å². The molecule has 0 bridgehead atoms. The van der Waals surface area contributed by atoms with Crippen LogP contribution >= 0.6 is 0 Å². The van der Waals surface area contributed by atoms with Gasteiger partial charge < -0.3 is 0 Å². The van der Waals surface area contributed by atoms with Gasteiger partial charge in [-0.25, -0.2) is 0 Å². The Hall–Kier alpha value is -2.08. The Kier molecular flexibility index (Phi) is 3.03. The van der Waals surface area contributed by atoms with Crippen LogP contribution in [0.4, 0.5) is 0 Å². The number of fused-ring (bicyclic) bond motifs is 3. The zero-order valence-electron chi connectivity index (χ0n) is 12.4. The van der Waals surface area contributed by atoms with Gasteiger partial charge in [-0.2, -0.15) is 0 Å². The van der Waals surface area contributed by atoms with Crippen molar-refractivity contribution in [2.75, 3.05) is 0 Å². The SMILES string of the molecule is CCC(C1=CC=CC1)C1c2ccccc2-c2ccccc21. The average molecular weight is 272 g/mol. The maximum Gasteiger partial charge on any atom is 0.0167 e. The van der Waals surface area contributed by atoms with Crippen LogP contribution in [0, 0.1) is 5.92 Å². The smallest absolute Gasteiger partial charge is 0.0167 e. The molecule has 2 aliphatic rings. The fourth-order valence-electron chi connectivity index (χ4n) is 4.08. The molecule has 0 saturated carbocycles. The van der Waals surface area contributed by atoms with E-state index in [1.54, 1.807) is 5.57 Å². The van der Waals surface area contributed by atoms with Crippen LogP contribution in [0.25, 0.3) is 11.1 Å². The molecular weight excluding hydrogens is 252 g/mol. The summed E-state index contributed by atoms with van der Waals surface area (Å²) in [5, 5.41) is 0. The van der Waals surface area contributed by atoms with Crippen LogP contribution in [0.15, 0.2) is 72.3 Å². The Balaban J connectivity index is 1.88. The lowest BCUT2D eigenvalue weighted by Crippen LogP contribution is -2.13. The van der Waals surface area contributed by atoms with Gasteiger partial charge >= 0.3 is 0 Å². The Morgan fingerprint density at radius 2 is 1.57 bits per heavy atom. The molecule has 1 atom stereocenters. The van der Waals surface area contributed by atoms with Crippen LogP contribution in [0.5, 0.6) is 0 Å². The second-order valence-electron chi connectivity index (χ2n) is 6.04. The highest BCUT2D eigenvalue weighted by Crippen LogP contribution is 2.51. The lowest BCUT2D eigenvalue weighted by molar-refractivity contribution is 0.523. The largest absolute Gasteiger partial charge is 0.0805 e. The molecule has 0 spiro atoms. The van der Waals surface area contributed by atoms with E-state index in [0.29, 0.717) is 11.8 Å². The highest BCUT2D eigenvalue weighted by atomic mass is 14.4. The van der Waals surface area contributed by atoms with Gasteiger partial charge in [0.2, 0.25) is 0 Å². The highest BCUT2D eigenvalue weighted by Gasteiger charge is 2.34. The molecule has 0 amide bonds. The van der Waals surface area contributed by atoms with E-state index in [0.717, 1.165) is 6.42 Å². The number of allylic oxidation sites excluding steroid dienone is 4. The lowest BCUT2D eigenvalue weighted by atomic mass is 9.78. The van der Waals surface area contributed by atoms with Crippen molar-refractivity contribution in [3.63, 3.8) is 0 Å². The van der Waals surface area contributed by atoms with Crippen molar-refractivity contribution in [1.82, 2.24) is 0 Å². The molecule has 0 aliphatic heterocycles. The average Bonchev–Trinajstić information content (AvgIpc) is 3.16. The van der Waals surface area contributed by atoms with E-state index in [4.69, 9.17) is 0 Å². The summed E-state index contributed by atoms with van der Waals surface area (Å²) in [4.78, 5) is 0. The molecule has 0 saturated heterocycles. The topological polar surface area (TPSA) is 0 Å². The number of hydrogen-bond donors (Lipinski definition) is 0. The number of benzene rings is 2. The van der Waals surface area contributed by atoms with Crippen molar-refractivity contribution in [2.45, 2.75) is 25.7 Å². The molecule has 21 heavy (non-hydrogen) atoms. The third-order valence-corrected chi connectivity index (χ3v) is 5.00. The van der Waals surface area contributed by atoms with Crippen molar-refractivity contribution in [2.24, 2.45) is 5.92 Å². The van der Waals surface area contributed by atoms with Crippen LogP contribution in [-0.2, 0) is 0 Å². The monoisotopic (exact) mass is 272 g/mol. The second-order valence-corrected chi connectivity index (χ2v) is 6.04. The maximum absolute atomic E-state index is 2.33. The third-order valence-electron chi connectivity index (χ3n) is 5.00. The Morgan fingerprint density at radius 1 is 0.952 bits per heavy atom. The summed E-state index contributed by atoms with van der Waals surface area (Å²) in [5.74, 6) is 1.14. The fraction of sp³-hybridized carbons (Fsp3) is 0.238. The molecule has 2 aliphatic carbocycles. The second kappa shape index (κ2) is 5.04. The molecule has 0 fully saturated rings. The first kappa shape index (κ1) is 12.6. The molecule has 2 aromatic rings. The first-order valence-corrected chi connectivity index (χ1v) is 7.94. The molecule has 0 aromatic heterocycles. The zero-order valence-corrected chi connectivity index (χ0v) is 12.4. The predicted molar refractivity (Wildman–Crippen MR) is 89.3 cm³/mol. The van der Waals surface area contributed by atoms with Gasteiger partial charge in [0, 0.05) is 5.92 Å². The Labute approximate surface area is 126 Å². The van der Waals surface area contributed by atoms with Crippen LogP contribution < -0.4 is 0 Å². The first-order valence-electron chi connectivity index (χ1n) is 7.94. The van der Waals surface area contributed by atoms with Crippen molar-refractivity contribution in [3.05, 3.63) is 83.5 Å². The van der Waals surface area contributed by atoms with Gasteiger partial charge in [0.05, 0.1) is 0 Å². The summed E-state index contributed by atoms with van der Waals surface area (Å²) in [5.41, 5.74) is 7.48. The highest BCUT2D eigenvalue weighted by molar-refractivity contribution is 5.79. The van der Waals surface area contributed by atoms with E-state index in [2.05, 4.69) is 73.7 Å². The van der Waals surface area contributed by atoms with Crippen LogP contribution in [0.2, 0.25) is 0 Å². The molecule has 4 rings (SSSR count). The van der Waals surface area contributed by atoms with Gasteiger partial charge in [-0.15, -0.1) is 0 Å². The standard InChI is InChI=1S/C21H20/c1-2-16(15-9-3-4-10-15)21-19-13-7-5-11-17(19)18-12-6-8-14-20(18)21/h3-9,11-14,16,21H,2,10H2,1H3. The summed E-state index contributed by atoms with van der Waals surface area (Å²) in [6.45, 7) is 2.33. The normalized spacial score (nSPS) is 17.5. The predicted octanol–water partition coefficient (Wildman–Crippen LogP) is 5.71. The van der Waals surface area contributed by atoms with E-state index in [1.165, 1.54) is 28.7 Å². The summed E-state index contributed by atoms with van der Waals surface area (Å²) in [6.07, 6.45) is 9.15. The molecule has 1 unspecified atom stereocenters. The van der Waals surface area contributed by atoms with Crippen LogP contribution in [0.3, 0.4) is 0 Å². The van der Waals surface area contributed by atoms with Gasteiger partial charge in [-0.3, -0.25) is 0 Å². The lowest BCUT2D eigenvalue weighted by Gasteiger charge is -2.26. The van der Waals surface area contributed by atoms with Crippen LogP contribution in [0.1, 0.15) is 36.8 Å². The minimum Gasteiger partial charge on any atom is -0.0805 e. The molecule has 0 N–H and O–H groups in total. The molecule has 0 heterocycles. The summed E-state index contributed by atoms with van der Waals surface area (Å²) in [7, 11) is 0. The maximum atomic E-state index is 2.33. The molecule has 0 nitrogen and oxygen atoms in total. The Bertz CT molecular complexity index is 688. The Morgan fingerprint density at radius 3 is 2.10 bits per heavy atom. The van der Waals surface area contributed by atoms with Gasteiger partial charge in [-0.1, -0.05) is 79.3 Å². The first-order chi connectivity index (χ1) is 10.4. The summed E-state index contributed by atoms with van der Waals surface area (Å²) < 4.78 is 0. The molecular formula is C21H20. The van der Waals surface area contributed by atoms with Gasteiger partial charge in [-0.05, 0) is 41.0 Å². The van der Waals surface area contributed by atoms with Crippen molar-refractivity contribution in [3.8, 4) is 11.1 Å². The third kappa shape index (κ3) is 1.90. The van der Waals surface area contributed by atoms with Crippen molar-refractivity contribution < 1.29 is 0 Å². The van der Waals surface area contributed by atoms with E-state index in [9.17, 15) is 0 Å². The minimum atomic E-state index is 0.522. The summed E-state index contributed by atoms with van der Waals surface area (Å²) >= 11 is 0.